The second-order valence-electron chi connectivity index (χ2n) is 12.3. The highest BCUT2D eigenvalue weighted by atomic mass is 17.2. The van der Waals surface area contributed by atoms with E-state index in [1.165, 1.54) is 37.7 Å². The fourth-order valence-electron chi connectivity index (χ4n) is 8.32. The predicted octanol–water partition coefficient (Wildman–Crippen LogP) is 4.92. The van der Waals surface area contributed by atoms with Crippen molar-refractivity contribution in [2.45, 2.75) is 75.1 Å². The molecule has 6 heteroatoms. The average molecular weight is 484 g/mol. The molecule has 4 bridgehead atoms. The minimum atomic E-state index is -0.437. The van der Waals surface area contributed by atoms with E-state index in [4.69, 9.17) is 24.0 Å². The molecule has 35 heavy (non-hydrogen) atoms. The molecule has 7 fully saturated rings. The smallest absolute Gasteiger partial charge is 0.207 e. The normalized spacial score (nSPS) is 43.1. The molecule has 2 saturated heterocycles. The molecule has 0 radical (unpaired) electrons. The zero-order valence-electron chi connectivity index (χ0n) is 21.0. The van der Waals surface area contributed by atoms with Crippen LogP contribution in [-0.2, 0) is 19.2 Å². The lowest BCUT2D eigenvalue weighted by atomic mass is 9.53. The van der Waals surface area contributed by atoms with Crippen molar-refractivity contribution in [1.82, 2.24) is 4.90 Å². The van der Waals surface area contributed by atoms with Crippen LogP contribution in [0.3, 0.4) is 0 Å². The summed E-state index contributed by atoms with van der Waals surface area (Å²) in [5.74, 6) is 4.00. The summed E-state index contributed by atoms with van der Waals surface area (Å²) < 4.78 is 18.1. The van der Waals surface area contributed by atoms with E-state index in [0.29, 0.717) is 24.4 Å². The first kappa shape index (κ1) is 23.0. The van der Waals surface area contributed by atoms with Crippen LogP contribution in [-0.4, -0.2) is 62.3 Å². The number of hydrogen-bond acceptors (Lipinski definition) is 6. The maximum absolute atomic E-state index is 6.70. The Bertz CT molecular complexity index is 834. The van der Waals surface area contributed by atoms with Gasteiger partial charge in [0.2, 0.25) is 5.79 Å². The largest absolute Gasteiger partial charge is 0.492 e. The molecule has 5 aliphatic carbocycles. The van der Waals surface area contributed by atoms with Gasteiger partial charge >= 0.3 is 0 Å². The first-order valence-corrected chi connectivity index (χ1v) is 14.2. The summed E-state index contributed by atoms with van der Waals surface area (Å²) in [6.07, 6.45) is 10.8. The fraction of sp³-hybridized carbons (Fsp3) is 0.793. The average Bonchev–Trinajstić information content (AvgIpc) is 2.90. The summed E-state index contributed by atoms with van der Waals surface area (Å²) in [5, 5.41) is 0. The highest BCUT2D eigenvalue weighted by molar-refractivity contribution is 5.30. The van der Waals surface area contributed by atoms with Gasteiger partial charge in [0.25, 0.3) is 0 Å². The maximum atomic E-state index is 6.70. The second kappa shape index (κ2) is 9.29. The molecule has 7 aliphatic rings. The van der Waals surface area contributed by atoms with Crippen LogP contribution >= 0.6 is 0 Å². The summed E-state index contributed by atoms with van der Waals surface area (Å²) >= 11 is 0. The number of rotatable bonds is 5. The minimum absolute atomic E-state index is 0.251. The van der Waals surface area contributed by atoms with Crippen LogP contribution in [0.2, 0.25) is 0 Å². The highest BCUT2D eigenvalue weighted by Crippen LogP contribution is 2.61. The Morgan fingerprint density at radius 1 is 0.857 bits per heavy atom. The quantitative estimate of drug-likeness (QED) is 0.554. The van der Waals surface area contributed by atoms with Crippen LogP contribution < -0.4 is 4.74 Å². The number of morpholine rings is 1. The van der Waals surface area contributed by atoms with Crippen molar-refractivity contribution in [1.29, 1.82) is 0 Å². The van der Waals surface area contributed by atoms with Crippen LogP contribution in [0.1, 0.15) is 69.3 Å². The molecule has 1 aromatic carbocycles. The lowest BCUT2D eigenvalue weighted by Gasteiger charge is -2.61. The molecule has 2 heterocycles. The number of benzene rings is 1. The lowest BCUT2D eigenvalue weighted by molar-refractivity contribution is -0.548. The van der Waals surface area contributed by atoms with Gasteiger partial charge in [-0.3, -0.25) is 4.90 Å². The van der Waals surface area contributed by atoms with Gasteiger partial charge in [-0.15, -0.1) is 0 Å². The Morgan fingerprint density at radius 2 is 1.54 bits per heavy atom. The zero-order chi connectivity index (χ0) is 23.3. The van der Waals surface area contributed by atoms with Gasteiger partial charge in [-0.05, 0) is 93.2 Å². The standard InChI is InChI=1S/C29H41NO5/c1-3-27(32-14-11-30-9-12-31-13-10-30)4-2-23(1)24-5-7-28(8-6-24)20-33-29(35-34-28)25-16-21-15-22(18-25)19-26(29)17-21/h1-4,21-22,24-26H,5-20H2. The van der Waals surface area contributed by atoms with Crippen molar-refractivity contribution in [2.75, 3.05) is 46.1 Å². The topological polar surface area (TPSA) is 49.4 Å². The van der Waals surface area contributed by atoms with Crippen LogP contribution in [0.15, 0.2) is 24.3 Å². The van der Waals surface area contributed by atoms with Crippen molar-refractivity contribution in [3.05, 3.63) is 29.8 Å². The molecule has 2 spiro atoms. The molecule has 1 aromatic rings. The van der Waals surface area contributed by atoms with Crippen molar-refractivity contribution in [3.8, 4) is 5.75 Å². The van der Waals surface area contributed by atoms with Gasteiger partial charge in [-0.25, -0.2) is 4.89 Å². The molecule has 0 aromatic heterocycles. The monoisotopic (exact) mass is 483 g/mol. The second-order valence-corrected chi connectivity index (χ2v) is 12.3. The predicted molar refractivity (Wildman–Crippen MR) is 131 cm³/mol. The molecule has 2 aliphatic heterocycles. The van der Waals surface area contributed by atoms with Crippen molar-refractivity contribution in [3.63, 3.8) is 0 Å². The van der Waals surface area contributed by atoms with Crippen LogP contribution in [0, 0.1) is 23.7 Å². The molecular weight excluding hydrogens is 442 g/mol. The van der Waals surface area contributed by atoms with Gasteiger partial charge < -0.3 is 14.2 Å². The van der Waals surface area contributed by atoms with Crippen molar-refractivity contribution in [2.24, 2.45) is 23.7 Å². The SMILES string of the molecule is c1cc(C2CCC3(CC2)COC2(OO3)C3CC4CC(C3)CC2C4)ccc1OCCN1CCOCC1. The first-order valence-electron chi connectivity index (χ1n) is 14.2. The maximum Gasteiger partial charge on any atom is 0.207 e. The molecule has 5 saturated carbocycles. The van der Waals surface area contributed by atoms with Crippen LogP contribution in [0.4, 0.5) is 0 Å². The van der Waals surface area contributed by atoms with E-state index in [2.05, 4.69) is 29.2 Å². The van der Waals surface area contributed by atoms with Crippen molar-refractivity contribution >= 4 is 0 Å². The Morgan fingerprint density at radius 3 is 2.17 bits per heavy atom. The third-order valence-corrected chi connectivity index (χ3v) is 10.2. The molecule has 192 valence electrons. The van der Waals surface area contributed by atoms with Gasteiger partial charge in [-0.2, -0.15) is 4.89 Å². The molecule has 6 nitrogen and oxygen atoms in total. The van der Waals surface area contributed by atoms with E-state index in [0.717, 1.165) is 82.7 Å². The number of ether oxygens (including phenoxy) is 3. The van der Waals surface area contributed by atoms with E-state index in [1.54, 1.807) is 0 Å². The van der Waals surface area contributed by atoms with E-state index < -0.39 is 5.79 Å². The summed E-state index contributed by atoms with van der Waals surface area (Å²) in [5.41, 5.74) is 1.16. The van der Waals surface area contributed by atoms with Gasteiger partial charge in [0.1, 0.15) is 18.0 Å². The third kappa shape index (κ3) is 4.33. The van der Waals surface area contributed by atoms with Crippen molar-refractivity contribution < 1.29 is 24.0 Å². The third-order valence-electron chi connectivity index (χ3n) is 10.2. The van der Waals surface area contributed by atoms with Gasteiger partial charge in [-0.1, -0.05) is 12.1 Å². The summed E-state index contributed by atoms with van der Waals surface area (Å²) in [6.45, 7) is 6.09. The van der Waals surface area contributed by atoms with E-state index in [1.807, 2.05) is 0 Å². The van der Waals surface area contributed by atoms with Gasteiger partial charge in [0, 0.05) is 31.5 Å². The number of hydrogen-bond donors (Lipinski definition) is 0. The number of nitrogens with zero attached hydrogens (tertiary/aromatic N) is 1. The summed E-state index contributed by atoms with van der Waals surface area (Å²) in [4.78, 5) is 15.1. The Labute approximate surface area is 209 Å². The van der Waals surface area contributed by atoms with Gasteiger partial charge in [0.15, 0.2) is 0 Å². The minimum Gasteiger partial charge on any atom is -0.492 e. The Kier molecular flexibility index (Phi) is 6.10. The first-order chi connectivity index (χ1) is 17.2. The van der Waals surface area contributed by atoms with E-state index >= 15 is 0 Å². The summed E-state index contributed by atoms with van der Waals surface area (Å²) in [7, 11) is 0. The summed E-state index contributed by atoms with van der Waals surface area (Å²) in [6, 6.07) is 8.78. The molecule has 0 atom stereocenters. The Balaban J connectivity index is 0.901. The molecule has 0 unspecified atom stereocenters. The molecule has 0 amide bonds. The van der Waals surface area contributed by atoms with E-state index in [9.17, 15) is 0 Å². The molecular formula is C29H41NO5. The Hall–Kier alpha value is -1.18. The zero-order valence-corrected chi connectivity index (χ0v) is 21.0. The fourth-order valence-corrected chi connectivity index (χ4v) is 8.32. The molecule has 0 N–H and O–H groups in total. The highest BCUT2D eigenvalue weighted by Gasteiger charge is 2.63. The molecule has 8 rings (SSSR count). The van der Waals surface area contributed by atoms with Crippen LogP contribution in [0.25, 0.3) is 0 Å². The van der Waals surface area contributed by atoms with Gasteiger partial charge in [0.05, 0.1) is 19.8 Å². The van der Waals surface area contributed by atoms with E-state index in [-0.39, 0.29) is 5.60 Å². The van der Waals surface area contributed by atoms with Crippen LogP contribution in [0.5, 0.6) is 5.75 Å². The lowest BCUT2D eigenvalue weighted by Crippen LogP contribution is -2.65.